The number of nitrogens with zero attached hydrogens (tertiary/aromatic N) is 2. The number of methoxy groups -OCH3 is 1. The first-order valence-corrected chi connectivity index (χ1v) is 7.87. The third-order valence-electron chi connectivity index (χ3n) is 5.07. The van der Waals surface area contributed by atoms with E-state index in [1.165, 1.54) is 0 Å². The fourth-order valence-electron chi connectivity index (χ4n) is 3.88. The minimum atomic E-state index is -0.931. The number of ether oxygens (including phenoxy) is 2. The summed E-state index contributed by atoms with van der Waals surface area (Å²) in [6, 6.07) is 5.67. The molecule has 0 spiro atoms. The molecule has 4 rings (SSSR count). The lowest BCUT2D eigenvalue weighted by Gasteiger charge is -2.36. The van der Waals surface area contributed by atoms with Gasteiger partial charge in [0.2, 0.25) is 0 Å². The van der Waals surface area contributed by atoms with Crippen LogP contribution in [0, 0.1) is 5.41 Å². The zero-order valence-electron chi connectivity index (χ0n) is 13.4. The van der Waals surface area contributed by atoms with Gasteiger partial charge in [0.1, 0.15) is 12.0 Å². The molecule has 2 atom stereocenters. The van der Waals surface area contributed by atoms with Crippen LogP contribution in [0.4, 0.5) is 0 Å². The van der Waals surface area contributed by atoms with Crippen LogP contribution in [-0.4, -0.2) is 52.7 Å². The molecule has 7 nitrogen and oxygen atoms in total. The average molecular weight is 329 g/mol. The van der Waals surface area contributed by atoms with Gasteiger partial charge in [-0.25, -0.2) is 4.98 Å². The Balaban J connectivity index is 1.71. The molecule has 2 N–H and O–H groups in total. The van der Waals surface area contributed by atoms with Crippen molar-refractivity contribution in [3.63, 3.8) is 0 Å². The van der Waals surface area contributed by atoms with Crippen LogP contribution < -0.4 is 9.47 Å². The zero-order valence-corrected chi connectivity index (χ0v) is 13.4. The average Bonchev–Trinajstić information content (AvgIpc) is 3.22. The van der Waals surface area contributed by atoms with Crippen molar-refractivity contribution in [2.75, 3.05) is 26.8 Å². The first-order chi connectivity index (χ1) is 11.6. The second-order valence-electron chi connectivity index (χ2n) is 6.43. The SMILES string of the molecule is COc1cccc2c1OC[C@]1(C(=O)O)CN(Cc3cnc[nH]3)C[C@H]21. The van der Waals surface area contributed by atoms with Gasteiger partial charge in [0.05, 0.1) is 13.4 Å². The number of aliphatic carboxylic acids is 1. The number of fused-ring (bicyclic) bond motifs is 3. The summed E-state index contributed by atoms with van der Waals surface area (Å²) in [6.07, 6.45) is 3.40. The summed E-state index contributed by atoms with van der Waals surface area (Å²) in [5, 5.41) is 9.94. The number of hydrogen-bond donors (Lipinski definition) is 2. The number of rotatable bonds is 4. The maximum Gasteiger partial charge on any atom is 0.315 e. The molecule has 3 heterocycles. The van der Waals surface area contributed by atoms with Crippen molar-refractivity contribution in [3.05, 3.63) is 42.0 Å². The highest BCUT2D eigenvalue weighted by Crippen LogP contribution is 2.52. The maximum atomic E-state index is 12.1. The summed E-state index contributed by atoms with van der Waals surface area (Å²) in [4.78, 5) is 21.4. The molecule has 24 heavy (non-hydrogen) atoms. The second kappa shape index (κ2) is 5.52. The van der Waals surface area contributed by atoms with E-state index in [0.717, 1.165) is 11.3 Å². The zero-order chi connectivity index (χ0) is 16.7. The van der Waals surface area contributed by atoms with Gasteiger partial charge < -0.3 is 19.6 Å². The van der Waals surface area contributed by atoms with E-state index in [1.54, 1.807) is 19.6 Å². The Kier molecular flexibility index (Phi) is 3.45. The second-order valence-corrected chi connectivity index (χ2v) is 6.43. The topological polar surface area (TPSA) is 87.7 Å². The van der Waals surface area contributed by atoms with Crippen molar-refractivity contribution in [1.82, 2.24) is 14.9 Å². The molecule has 0 radical (unpaired) electrons. The highest BCUT2D eigenvalue weighted by Gasteiger charge is 2.56. The number of benzene rings is 1. The number of aromatic amines is 1. The monoisotopic (exact) mass is 329 g/mol. The summed E-state index contributed by atoms with van der Waals surface area (Å²) in [7, 11) is 1.59. The molecule has 0 bridgehead atoms. The van der Waals surface area contributed by atoms with Gasteiger partial charge in [-0.05, 0) is 6.07 Å². The molecular formula is C17H19N3O4. The van der Waals surface area contributed by atoms with Crippen molar-refractivity contribution < 1.29 is 19.4 Å². The predicted molar refractivity (Wildman–Crippen MR) is 85.2 cm³/mol. The molecule has 0 amide bonds. The first-order valence-electron chi connectivity index (χ1n) is 7.87. The van der Waals surface area contributed by atoms with Crippen LogP contribution in [0.5, 0.6) is 11.5 Å². The van der Waals surface area contributed by atoms with E-state index in [9.17, 15) is 9.90 Å². The van der Waals surface area contributed by atoms with Crippen LogP contribution in [0.15, 0.2) is 30.7 Å². The Morgan fingerprint density at radius 3 is 3.17 bits per heavy atom. The van der Waals surface area contributed by atoms with Crippen LogP contribution in [0.1, 0.15) is 17.2 Å². The van der Waals surface area contributed by atoms with E-state index >= 15 is 0 Å². The largest absolute Gasteiger partial charge is 0.493 e. The summed E-state index contributed by atoms with van der Waals surface area (Å²) in [5.41, 5.74) is 0.954. The number of hydrogen-bond acceptors (Lipinski definition) is 5. The maximum absolute atomic E-state index is 12.1. The van der Waals surface area contributed by atoms with E-state index in [1.807, 2.05) is 18.2 Å². The quantitative estimate of drug-likeness (QED) is 0.883. The van der Waals surface area contributed by atoms with Gasteiger partial charge in [0.15, 0.2) is 11.5 Å². The number of nitrogens with one attached hydrogen (secondary N) is 1. The van der Waals surface area contributed by atoms with Crippen molar-refractivity contribution >= 4 is 5.97 Å². The fraction of sp³-hybridized carbons (Fsp3) is 0.412. The normalized spacial score (nSPS) is 25.6. The van der Waals surface area contributed by atoms with E-state index in [0.29, 0.717) is 31.1 Å². The van der Waals surface area contributed by atoms with E-state index in [4.69, 9.17) is 9.47 Å². The summed E-state index contributed by atoms with van der Waals surface area (Å²) < 4.78 is 11.2. The lowest BCUT2D eigenvalue weighted by Crippen LogP contribution is -2.45. The molecule has 7 heteroatoms. The number of likely N-dealkylation sites (tertiary alicyclic amines) is 1. The number of imidazole rings is 1. The molecular weight excluding hydrogens is 310 g/mol. The van der Waals surface area contributed by atoms with Crippen LogP contribution in [0.2, 0.25) is 0 Å². The standard InChI is InChI=1S/C17H19N3O4/c1-23-14-4-2-3-12-13-7-20(6-11-5-18-10-19-11)8-17(13,16(21)22)9-24-15(12)14/h2-5,10,13H,6-9H2,1H3,(H,18,19)(H,21,22)/t13-,17-/m1/s1. The predicted octanol–water partition coefficient (Wildman–Crippen LogP) is 1.48. The van der Waals surface area contributed by atoms with Gasteiger partial charge in [0, 0.05) is 43.0 Å². The highest BCUT2D eigenvalue weighted by molar-refractivity contribution is 5.78. The van der Waals surface area contributed by atoms with Gasteiger partial charge in [-0.1, -0.05) is 12.1 Å². The highest BCUT2D eigenvalue weighted by atomic mass is 16.5. The van der Waals surface area contributed by atoms with Gasteiger partial charge >= 0.3 is 5.97 Å². The van der Waals surface area contributed by atoms with Gasteiger partial charge in [-0.3, -0.25) is 9.69 Å². The molecule has 1 fully saturated rings. The minimum Gasteiger partial charge on any atom is -0.493 e. The Bertz CT molecular complexity index is 761. The molecule has 126 valence electrons. The van der Waals surface area contributed by atoms with Crippen molar-refractivity contribution in [2.45, 2.75) is 12.5 Å². The molecule has 0 aliphatic carbocycles. The first kappa shape index (κ1) is 15.0. The number of H-pyrrole nitrogens is 1. The molecule has 1 aromatic heterocycles. The van der Waals surface area contributed by atoms with E-state index < -0.39 is 11.4 Å². The van der Waals surface area contributed by atoms with Crippen LogP contribution in [0.3, 0.4) is 0 Å². The lowest BCUT2D eigenvalue weighted by atomic mass is 9.73. The van der Waals surface area contributed by atoms with Gasteiger partial charge in [-0.2, -0.15) is 0 Å². The Morgan fingerprint density at radius 2 is 2.46 bits per heavy atom. The smallest absolute Gasteiger partial charge is 0.315 e. The van der Waals surface area contributed by atoms with Crippen molar-refractivity contribution in [2.24, 2.45) is 5.41 Å². The van der Waals surface area contributed by atoms with E-state index in [-0.39, 0.29) is 12.5 Å². The van der Waals surface area contributed by atoms with Crippen LogP contribution in [-0.2, 0) is 11.3 Å². The molecule has 1 aromatic carbocycles. The fourth-order valence-corrected chi connectivity index (χ4v) is 3.88. The van der Waals surface area contributed by atoms with Crippen LogP contribution >= 0.6 is 0 Å². The van der Waals surface area contributed by atoms with Gasteiger partial charge in [0.25, 0.3) is 0 Å². The third-order valence-corrected chi connectivity index (χ3v) is 5.07. The Hall–Kier alpha value is -2.54. The van der Waals surface area contributed by atoms with E-state index in [2.05, 4.69) is 14.9 Å². The van der Waals surface area contributed by atoms with Crippen molar-refractivity contribution in [3.8, 4) is 11.5 Å². The summed E-state index contributed by atoms with van der Waals surface area (Å²) >= 11 is 0. The summed E-state index contributed by atoms with van der Waals surface area (Å²) in [5.74, 6) is 0.383. The lowest BCUT2D eigenvalue weighted by molar-refractivity contribution is -0.152. The summed E-state index contributed by atoms with van der Waals surface area (Å²) in [6.45, 7) is 1.90. The number of para-hydroxylation sites is 1. The van der Waals surface area contributed by atoms with Crippen molar-refractivity contribution in [1.29, 1.82) is 0 Å². The Morgan fingerprint density at radius 1 is 1.58 bits per heavy atom. The molecule has 2 aliphatic rings. The molecule has 2 aromatic rings. The molecule has 0 saturated carbocycles. The number of carboxylic acid groups (broad SMARTS) is 1. The number of aromatic nitrogens is 2. The molecule has 0 unspecified atom stereocenters. The molecule has 2 aliphatic heterocycles. The number of carboxylic acids is 1. The number of carbonyl (C=O) groups is 1. The van der Waals surface area contributed by atoms with Crippen LogP contribution in [0.25, 0.3) is 0 Å². The minimum absolute atomic E-state index is 0.128. The third kappa shape index (κ3) is 2.16. The Labute approximate surface area is 139 Å². The van der Waals surface area contributed by atoms with Gasteiger partial charge in [-0.15, -0.1) is 0 Å². The molecule has 1 saturated heterocycles.